The maximum atomic E-state index is 12.6. The van der Waals surface area contributed by atoms with Gasteiger partial charge in [-0.25, -0.2) is 9.48 Å². The van der Waals surface area contributed by atoms with Crippen LogP contribution in [0.3, 0.4) is 0 Å². The van der Waals surface area contributed by atoms with Gasteiger partial charge in [0.25, 0.3) is 5.91 Å². The lowest BCUT2D eigenvalue weighted by molar-refractivity contribution is -0.130. The van der Waals surface area contributed by atoms with E-state index in [2.05, 4.69) is 15.7 Å². The fraction of sp³-hybridized carbons (Fsp3) is 0.429. The van der Waals surface area contributed by atoms with Gasteiger partial charge in [0.05, 0.1) is 11.4 Å². The third kappa shape index (κ3) is 5.43. The molecule has 0 saturated heterocycles. The van der Waals surface area contributed by atoms with Crippen molar-refractivity contribution in [1.29, 1.82) is 0 Å². The summed E-state index contributed by atoms with van der Waals surface area (Å²) in [5, 5.41) is 9.78. The number of esters is 1. The van der Waals surface area contributed by atoms with E-state index in [1.807, 2.05) is 37.3 Å². The van der Waals surface area contributed by atoms with E-state index in [0.29, 0.717) is 12.5 Å². The number of para-hydroxylation sites is 1. The molecule has 1 aromatic heterocycles. The number of carbonyl (C=O) groups is 3. The van der Waals surface area contributed by atoms with Gasteiger partial charge in [-0.15, -0.1) is 0 Å². The molecule has 1 aliphatic carbocycles. The number of nitrogens with one attached hydrogen (secondary N) is 2. The lowest BCUT2D eigenvalue weighted by atomic mass is 10.2. The minimum absolute atomic E-state index is 0.275. The van der Waals surface area contributed by atoms with Gasteiger partial charge >= 0.3 is 5.97 Å². The Morgan fingerprint density at radius 1 is 1.24 bits per heavy atom. The van der Waals surface area contributed by atoms with Crippen LogP contribution < -0.4 is 10.6 Å². The van der Waals surface area contributed by atoms with Gasteiger partial charge < -0.3 is 15.4 Å². The molecular formula is C21H26N4O4. The standard InChI is InChI=1S/C21H26N4O4/c1-3-11-22-20(27)14(2)23-19(26)13-29-21(28)18-12-17(15-9-10-15)24-25(18)16-7-5-4-6-8-16/h4-8,12,14-15H,3,9-11,13H2,1-2H3,(H,22,27)(H,23,26)/t14-/m0/s1. The van der Waals surface area contributed by atoms with Gasteiger partial charge in [0.15, 0.2) is 12.3 Å². The monoisotopic (exact) mass is 398 g/mol. The summed E-state index contributed by atoms with van der Waals surface area (Å²) in [5.41, 5.74) is 1.88. The van der Waals surface area contributed by atoms with Gasteiger partial charge in [0.1, 0.15) is 6.04 Å². The zero-order chi connectivity index (χ0) is 20.8. The van der Waals surface area contributed by atoms with Crippen molar-refractivity contribution < 1.29 is 19.1 Å². The third-order valence-corrected chi connectivity index (χ3v) is 4.59. The molecule has 8 heteroatoms. The Morgan fingerprint density at radius 3 is 2.62 bits per heavy atom. The van der Waals surface area contributed by atoms with Crippen molar-refractivity contribution in [2.45, 2.75) is 45.1 Å². The number of benzene rings is 1. The summed E-state index contributed by atoms with van der Waals surface area (Å²) in [4.78, 5) is 36.5. The number of amides is 2. The number of rotatable bonds is 9. The molecule has 29 heavy (non-hydrogen) atoms. The molecule has 1 heterocycles. The first-order chi connectivity index (χ1) is 14.0. The average Bonchev–Trinajstić information content (AvgIpc) is 3.49. The fourth-order valence-corrected chi connectivity index (χ4v) is 2.84. The molecule has 0 radical (unpaired) electrons. The lowest BCUT2D eigenvalue weighted by Gasteiger charge is -2.14. The van der Waals surface area contributed by atoms with Gasteiger partial charge in [-0.1, -0.05) is 25.1 Å². The van der Waals surface area contributed by atoms with Crippen molar-refractivity contribution in [3.8, 4) is 5.69 Å². The molecule has 1 atom stereocenters. The average molecular weight is 398 g/mol. The molecule has 1 aliphatic rings. The highest BCUT2D eigenvalue weighted by atomic mass is 16.5. The maximum Gasteiger partial charge on any atom is 0.357 e. The van der Waals surface area contributed by atoms with Crippen molar-refractivity contribution in [3.63, 3.8) is 0 Å². The van der Waals surface area contributed by atoms with Crippen LogP contribution in [0.1, 0.15) is 55.2 Å². The molecule has 2 aromatic rings. The normalized spacial score (nSPS) is 14.1. The Balaban J connectivity index is 1.62. The number of ether oxygens (including phenoxy) is 1. The summed E-state index contributed by atoms with van der Waals surface area (Å²) in [6, 6.07) is 10.3. The fourth-order valence-electron chi connectivity index (χ4n) is 2.84. The van der Waals surface area contributed by atoms with Gasteiger partial charge in [-0.2, -0.15) is 5.10 Å². The minimum Gasteiger partial charge on any atom is -0.451 e. The molecule has 2 amide bonds. The Hall–Kier alpha value is -3.16. The summed E-state index contributed by atoms with van der Waals surface area (Å²) >= 11 is 0. The van der Waals surface area contributed by atoms with E-state index >= 15 is 0 Å². The molecule has 154 valence electrons. The smallest absolute Gasteiger partial charge is 0.357 e. The second kappa shape index (κ2) is 9.36. The molecule has 0 spiro atoms. The van der Waals surface area contributed by atoms with Crippen LogP contribution in [0.2, 0.25) is 0 Å². The van der Waals surface area contributed by atoms with Crippen molar-refractivity contribution in [2.75, 3.05) is 13.2 Å². The molecule has 8 nitrogen and oxygen atoms in total. The zero-order valence-electron chi connectivity index (χ0n) is 16.7. The lowest BCUT2D eigenvalue weighted by Crippen LogP contribution is -2.46. The van der Waals surface area contributed by atoms with Crippen molar-refractivity contribution in [3.05, 3.63) is 47.8 Å². The van der Waals surface area contributed by atoms with E-state index in [1.165, 1.54) is 0 Å². The van der Waals surface area contributed by atoms with Crippen LogP contribution in [-0.4, -0.2) is 46.8 Å². The topological polar surface area (TPSA) is 102 Å². The first kappa shape index (κ1) is 20.6. The molecule has 3 rings (SSSR count). The largest absolute Gasteiger partial charge is 0.451 e. The number of carbonyl (C=O) groups excluding carboxylic acids is 3. The zero-order valence-corrected chi connectivity index (χ0v) is 16.7. The molecule has 1 saturated carbocycles. The van der Waals surface area contributed by atoms with E-state index in [1.54, 1.807) is 17.7 Å². The van der Waals surface area contributed by atoms with E-state index < -0.39 is 24.5 Å². The van der Waals surface area contributed by atoms with E-state index in [0.717, 1.165) is 30.6 Å². The molecule has 0 aliphatic heterocycles. The second-order valence-corrected chi connectivity index (χ2v) is 7.13. The van der Waals surface area contributed by atoms with E-state index in [4.69, 9.17) is 4.74 Å². The predicted molar refractivity (Wildman–Crippen MR) is 107 cm³/mol. The summed E-state index contributed by atoms with van der Waals surface area (Å²) in [6.07, 6.45) is 2.92. The van der Waals surface area contributed by atoms with Crippen LogP contribution in [0.4, 0.5) is 0 Å². The molecule has 1 fully saturated rings. The van der Waals surface area contributed by atoms with E-state index in [9.17, 15) is 14.4 Å². The summed E-state index contributed by atoms with van der Waals surface area (Å²) in [5.74, 6) is -1.07. The quantitative estimate of drug-likeness (QED) is 0.629. The number of aromatic nitrogens is 2. The maximum absolute atomic E-state index is 12.6. The number of hydrogen-bond donors (Lipinski definition) is 2. The predicted octanol–water partition coefficient (Wildman–Crippen LogP) is 1.94. The molecule has 1 aromatic carbocycles. The summed E-state index contributed by atoms with van der Waals surface area (Å²) < 4.78 is 6.73. The second-order valence-electron chi connectivity index (χ2n) is 7.13. The highest BCUT2D eigenvalue weighted by Gasteiger charge is 2.29. The van der Waals surface area contributed by atoms with E-state index in [-0.39, 0.29) is 11.6 Å². The van der Waals surface area contributed by atoms with Crippen molar-refractivity contribution in [1.82, 2.24) is 20.4 Å². The molecule has 0 unspecified atom stereocenters. The van der Waals surface area contributed by atoms with Crippen LogP contribution in [0.15, 0.2) is 36.4 Å². The highest BCUT2D eigenvalue weighted by molar-refractivity contribution is 5.92. The first-order valence-electron chi connectivity index (χ1n) is 9.89. The minimum atomic E-state index is -0.705. The van der Waals surface area contributed by atoms with Gasteiger partial charge in [0.2, 0.25) is 5.91 Å². The Bertz CT molecular complexity index is 874. The van der Waals surface area contributed by atoms with Crippen LogP contribution in [0, 0.1) is 0 Å². The molecular weight excluding hydrogens is 372 g/mol. The SMILES string of the molecule is CCCNC(=O)[C@H](C)NC(=O)COC(=O)c1cc(C2CC2)nn1-c1ccccc1. The number of nitrogens with zero attached hydrogens (tertiary/aromatic N) is 2. The van der Waals surface area contributed by atoms with Crippen LogP contribution in [0.25, 0.3) is 5.69 Å². The Labute approximate surface area is 169 Å². The van der Waals surface area contributed by atoms with Crippen LogP contribution in [0.5, 0.6) is 0 Å². The van der Waals surface area contributed by atoms with Gasteiger partial charge in [-0.05, 0) is 44.4 Å². The third-order valence-electron chi connectivity index (χ3n) is 4.59. The van der Waals surface area contributed by atoms with Crippen molar-refractivity contribution >= 4 is 17.8 Å². The Kier molecular flexibility index (Phi) is 6.64. The summed E-state index contributed by atoms with van der Waals surface area (Å²) in [7, 11) is 0. The van der Waals surface area contributed by atoms with Gasteiger partial charge in [0, 0.05) is 12.5 Å². The van der Waals surface area contributed by atoms with Crippen molar-refractivity contribution in [2.24, 2.45) is 0 Å². The van der Waals surface area contributed by atoms with Crippen LogP contribution >= 0.6 is 0 Å². The molecule has 0 bridgehead atoms. The number of hydrogen-bond acceptors (Lipinski definition) is 5. The van der Waals surface area contributed by atoms with Crippen LogP contribution in [-0.2, 0) is 14.3 Å². The highest BCUT2D eigenvalue weighted by Crippen LogP contribution is 2.39. The molecule has 2 N–H and O–H groups in total. The van der Waals surface area contributed by atoms with Gasteiger partial charge in [-0.3, -0.25) is 9.59 Å². The first-order valence-corrected chi connectivity index (χ1v) is 9.89. The Morgan fingerprint density at radius 2 is 1.97 bits per heavy atom. The summed E-state index contributed by atoms with van der Waals surface area (Å²) in [6.45, 7) is 3.60.